The van der Waals surface area contributed by atoms with E-state index in [0.717, 1.165) is 50.5 Å². The van der Waals surface area contributed by atoms with Gasteiger partial charge >= 0.3 is 17.9 Å². The van der Waals surface area contributed by atoms with Crippen LogP contribution in [0.5, 0.6) is 5.75 Å². The molecule has 1 heterocycles. The van der Waals surface area contributed by atoms with E-state index >= 15 is 0 Å². The molecule has 1 aromatic carbocycles. The number of fused-ring (bicyclic) bond motifs is 1. The van der Waals surface area contributed by atoms with Gasteiger partial charge in [0.05, 0.1) is 5.52 Å². The number of rotatable bonds is 20. The highest BCUT2D eigenvalue weighted by Crippen LogP contribution is 2.34. The van der Waals surface area contributed by atoms with Gasteiger partial charge in [0, 0.05) is 24.8 Å². The number of aromatic carboxylic acids is 1. The van der Waals surface area contributed by atoms with Gasteiger partial charge in [-0.3, -0.25) is 9.59 Å². The summed E-state index contributed by atoms with van der Waals surface area (Å²) in [7, 11) is 0. The van der Waals surface area contributed by atoms with Crippen LogP contribution in [0.25, 0.3) is 10.9 Å². The summed E-state index contributed by atoms with van der Waals surface area (Å²) in [6.45, 7) is 2.71. The standard InChI is InChI=1S/C29H43NO6/c1-2-3-4-5-6-7-8-11-14-21-26(33)36-28-23-18-15-16-19-24(23)30(27(28)29(34)35)22-17-12-9-10-13-20-25(31)32/h15-16,18-19H,2-14,17,20-22H2,1H3,(H,31,32)(H,34,35). The van der Waals surface area contributed by atoms with Crippen LogP contribution in [-0.4, -0.2) is 32.7 Å². The summed E-state index contributed by atoms with van der Waals surface area (Å²) in [4.78, 5) is 35.4. The fraction of sp³-hybridized carbons (Fsp3) is 0.621. The van der Waals surface area contributed by atoms with Crippen LogP contribution in [0.4, 0.5) is 0 Å². The lowest BCUT2D eigenvalue weighted by atomic mass is 10.1. The Balaban J connectivity index is 1.91. The molecule has 0 saturated heterocycles. The molecule has 0 fully saturated rings. The minimum atomic E-state index is -1.11. The van der Waals surface area contributed by atoms with Gasteiger partial charge in [-0.1, -0.05) is 89.7 Å². The Kier molecular flexibility index (Phi) is 13.7. The summed E-state index contributed by atoms with van der Waals surface area (Å²) in [5.74, 6) is -2.14. The van der Waals surface area contributed by atoms with E-state index in [1.54, 1.807) is 10.6 Å². The molecule has 0 atom stereocenters. The van der Waals surface area contributed by atoms with E-state index in [1.165, 1.54) is 38.5 Å². The number of nitrogens with zero attached hydrogens (tertiary/aromatic N) is 1. The van der Waals surface area contributed by atoms with Crippen molar-refractivity contribution in [1.82, 2.24) is 4.57 Å². The number of ether oxygens (including phenoxy) is 1. The van der Waals surface area contributed by atoms with Crippen molar-refractivity contribution < 1.29 is 29.3 Å². The molecule has 2 aromatic rings. The van der Waals surface area contributed by atoms with Crippen molar-refractivity contribution >= 4 is 28.8 Å². The van der Waals surface area contributed by atoms with Gasteiger partial charge in [0.15, 0.2) is 11.4 Å². The molecule has 7 nitrogen and oxygen atoms in total. The first-order valence-corrected chi connectivity index (χ1v) is 13.7. The Morgan fingerprint density at radius 3 is 1.92 bits per heavy atom. The number of carbonyl (C=O) groups is 3. The summed E-state index contributed by atoms with van der Waals surface area (Å²) in [5, 5.41) is 19.3. The number of para-hydroxylation sites is 1. The number of aryl methyl sites for hydroxylation is 1. The van der Waals surface area contributed by atoms with E-state index in [2.05, 4.69) is 6.92 Å². The fourth-order valence-corrected chi connectivity index (χ4v) is 4.64. The number of carboxylic acids is 2. The van der Waals surface area contributed by atoms with Gasteiger partial charge in [0.2, 0.25) is 0 Å². The summed E-state index contributed by atoms with van der Waals surface area (Å²) >= 11 is 0. The quantitative estimate of drug-likeness (QED) is 0.143. The molecule has 36 heavy (non-hydrogen) atoms. The van der Waals surface area contributed by atoms with Gasteiger partial charge in [-0.05, 0) is 31.4 Å². The molecule has 0 bridgehead atoms. The molecule has 0 aliphatic carbocycles. The topological polar surface area (TPSA) is 106 Å². The van der Waals surface area contributed by atoms with Gasteiger partial charge < -0.3 is 19.5 Å². The predicted octanol–water partition coefficient (Wildman–Crippen LogP) is 7.59. The first-order valence-electron chi connectivity index (χ1n) is 13.7. The number of carboxylic acid groups (broad SMARTS) is 2. The van der Waals surface area contributed by atoms with Crippen LogP contribution in [0.1, 0.15) is 120 Å². The molecular formula is C29H43NO6. The number of aromatic nitrogens is 1. The van der Waals surface area contributed by atoms with Crippen molar-refractivity contribution in [3.8, 4) is 5.75 Å². The number of hydrogen-bond acceptors (Lipinski definition) is 4. The number of benzene rings is 1. The maximum absolute atomic E-state index is 12.6. The Hall–Kier alpha value is -2.83. The molecule has 200 valence electrons. The Morgan fingerprint density at radius 2 is 1.31 bits per heavy atom. The average molecular weight is 502 g/mol. The normalized spacial score (nSPS) is 11.1. The first-order chi connectivity index (χ1) is 17.5. The van der Waals surface area contributed by atoms with Gasteiger partial charge in [-0.25, -0.2) is 4.79 Å². The highest BCUT2D eigenvalue weighted by atomic mass is 16.5. The average Bonchev–Trinajstić information content (AvgIpc) is 3.15. The Bertz CT molecular complexity index is 964. The molecule has 1 aromatic heterocycles. The molecule has 0 amide bonds. The lowest BCUT2D eigenvalue weighted by molar-refractivity contribution is -0.137. The molecule has 0 aliphatic heterocycles. The molecular weight excluding hydrogens is 458 g/mol. The number of hydrogen-bond donors (Lipinski definition) is 2. The van der Waals surface area contributed by atoms with Crippen molar-refractivity contribution in [2.75, 3.05) is 0 Å². The van der Waals surface area contributed by atoms with Gasteiger partial charge in [-0.15, -0.1) is 0 Å². The van der Waals surface area contributed by atoms with Gasteiger partial charge in [-0.2, -0.15) is 0 Å². The Morgan fingerprint density at radius 1 is 0.750 bits per heavy atom. The third-order valence-corrected chi connectivity index (χ3v) is 6.60. The number of aliphatic carboxylic acids is 1. The van der Waals surface area contributed by atoms with E-state index in [9.17, 15) is 19.5 Å². The first kappa shape index (κ1) is 29.4. The highest BCUT2D eigenvalue weighted by Gasteiger charge is 2.25. The molecule has 0 spiro atoms. The second-order valence-corrected chi connectivity index (χ2v) is 9.62. The summed E-state index contributed by atoms with van der Waals surface area (Å²) < 4.78 is 7.39. The zero-order valence-corrected chi connectivity index (χ0v) is 21.8. The SMILES string of the molecule is CCCCCCCCCCCC(=O)Oc1c(C(=O)O)n(CCCCCCCC(=O)O)c2ccccc12. The monoisotopic (exact) mass is 501 g/mol. The third-order valence-electron chi connectivity index (χ3n) is 6.60. The van der Waals surface area contributed by atoms with Crippen molar-refractivity contribution in [2.45, 2.75) is 116 Å². The molecule has 0 unspecified atom stereocenters. The lowest BCUT2D eigenvalue weighted by Crippen LogP contribution is -2.13. The van der Waals surface area contributed by atoms with E-state index in [1.807, 2.05) is 18.2 Å². The highest BCUT2D eigenvalue weighted by molar-refractivity contribution is 6.02. The van der Waals surface area contributed by atoms with Gasteiger partial charge in [0.1, 0.15) is 0 Å². The molecule has 2 rings (SSSR count). The van der Waals surface area contributed by atoms with E-state index < -0.39 is 11.9 Å². The van der Waals surface area contributed by atoms with Crippen molar-refractivity contribution in [2.24, 2.45) is 0 Å². The molecule has 7 heteroatoms. The summed E-state index contributed by atoms with van der Waals surface area (Å²) in [5.41, 5.74) is 0.758. The van der Waals surface area contributed by atoms with Crippen molar-refractivity contribution in [1.29, 1.82) is 0 Å². The molecule has 0 saturated carbocycles. The maximum atomic E-state index is 12.6. The Labute approximate surface area is 214 Å². The lowest BCUT2D eigenvalue weighted by Gasteiger charge is -2.09. The number of carbonyl (C=O) groups excluding carboxylic acids is 1. The second-order valence-electron chi connectivity index (χ2n) is 9.62. The largest absolute Gasteiger partial charge is 0.481 e. The fourth-order valence-electron chi connectivity index (χ4n) is 4.64. The van der Waals surface area contributed by atoms with Crippen LogP contribution >= 0.6 is 0 Å². The van der Waals surface area contributed by atoms with Crippen LogP contribution in [0, 0.1) is 0 Å². The van der Waals surface area contributed by atoms with Gasteiger partial charge in [0.25, 0.3) is 0 Å². The number of esters is 1. The smallest absolute Gasteiger partial charge is 0.356 e. The zero-order valence-electron chi connectivity index (χ0n) is 21.8. The van der Waals surface area contributed by atoms with Crippen LogP contribution in [0.2, 0.25) is 0 Å². The van der Waals surface area contributed by atoms with E-state index in [-0.39, 0.29) is 30.3 Å². The molecule has 0 aliphatic rings. The predicted molar refractivity (Wildman–Crippen MR) is 142 cm³/mol. The number of unbranched alkanes of at least 4 members (excludes halogenated alkanes) is 12. The second kappa shape index (κ2) is 16.8. The molecule has 0 radical (unpaired) electrons. The van der Waals surface area contributed by atoms with Crippen molar-refractivity contribution in [3.63, 3.8) is 0 Å². The zero-order chi connectivity index (χ0) is 26.2. The van der Waals surface area contributed by atoms with Crippen LogP contribution in [-0.2, 0) is 16.1 Å². The van der Waals surface area contributed by atoms with Crippen molar-refractivity contribution in [3.05, 3.63) is 30.0 Å². The minimum Gasteiger partial charge on any atom is -0.481 e. The maximum Gasteiger partial charge on any atom is 0.356 e. The minimum absolute atomic E-state index is 0.0162. The van der Waals surface area contributed by atoms with Crippen LogP contribution in [0.3, 0.4) is 0 Å². The van der Waals surface area contributed by atoms with E-state index in [4.69, 9.17) is 9.84 Å². The summed E-state index contributed by atoms with van der Waals surface area (Å²) in [6, 6.07) is 7.32. The third kappa shape index (κ3) is 10.0. The molecule has 2 N–H and O–H groups in total. The van der Waals surface area contributed by atoms with Crippen LogP contribution < -0.4 is 4.74 Å². The van der Waals surface area contributed by atoms with E-state index in [0.29, 0.717) is 18.4 Å². The summed E-state index contributed by atoms with van der Waals surface area (Å²) in [6.07, 6.45) is 14.9. The van der Waals surface area contributed by atoms with Crippen LogP contribution in [0.15, 0.2) is 24.3 Å².